The minimum Gasteiger partial charge on any atom is -0.368 e. The number of para-hydroxylation sites is 1. The Morgan fingerprint density at radius 1 is 1.00 bits per heavy atom. The Bertz CT molecular complexity index is 1280. The highest BCUT2D eigenvalue weighted by Crippen LogP contribution is 2.30. The molecule has 1 saturated heterocycles. The van der Waals surface area contributed by atoms with Crippen molar-refractivity contribution in [1.29, 1.82) is 0 Å². The van der Waals surface area contributed by atoms with Crippen molar-refractivity contribution >= 4 is 17.2 Å². The second-order valence-corrected chi connectivity index (χ2v) is 8.58. The van der Waals surface area contributed by atoms with E-state index in [1.54, 1.807) is 12.3 Å². The van der Waals surface area contributed by atoms with E-state index in [0.29, 0.717) is 13.1 Å². The van der Waals surface area contributed by atoms with Gasteiger partial charge in [-0.05, 0) is 48.4 Å². The molecule has 0 spiro atoms. The Hall–Kier alpha value is -3.67. The number of rotatable bonds is 5. The lowest BCUT2D eigenvalue weighted by Gasteiger charge is -2.37. The number of pyridine rings is 1. The number of hydrogen-bond acceptors (Lipinski definition) is 3. The van der Waals surface area contributed by atoms with Crippen LogP contribution in [0.4, 0.5) is 10.1 Å². The number of carbonyl (C=O) groups is 1. The molecule has 0 saturated carbocycles. The van der Waals surface area contributed by atoms with Gasteiger partial charge in [-0.1, -0.05) is 36.4 Å². The summed E-state index contributed by atoms with van der Waals surface area (Å²) in [7, 11) is 0. The summed E-state index contributed by atoms with van der Waals surface area (Å²) in [6, 6.07) is 20.7. The van der Waals surface area contributed by atoms with Gasteiger partial charge in [0.2, 0.25) is 5.91 Å². The number of piperazine rings is 1. The minimum atomic E-state index is -0.300. The van der Waals surface area contributed by atoms with E-state index >= 15 is 0 Å². The molecular formula is C27H27FN4O. The third kappa shape index (κ3) is 4.33. The highest BCUT2D eigenvalue weighted by Gasteiger charge is 2.27. The maximum Gasteiger partial charge on any atom is 0.223 e. The van der Waals surface area contributed by atoms with Gasteiger partial charge >= 0.3 is 0 Å². The van der Waals surface area contributed by atoms with E-state index in [2.05, 4.69) is 35.0 Å². The summed E-state index contributed by atoms with van der Waals surface area (Å²) in [5.41, 5.74) is 4.97. The number of halogens is 1. The summed E-state index contributed by atoms with van der Waals surface area (Å²) in [5, 5.41) is 0. The van der Waals surface area contributed by atoms with Gasteiger partial charge < -0.3 is 14.2 Å². The Morgan fingerprint density at radius 3 is 2.58 bits per heavy atom. The van der Waals surface area contributed by atoms with Crippen molar-refractivity contribution in [2.24, 2.45) is 0 Å². The smallest absolute Gasteiger partial charge is 0.223 e. The first-order chi connectivity index (χ1) is 16.1. The fourth-order valence-electron chi connectivity index (χ4n) is 4.75. The third-order valence-electron chi connectivity index (χ3n) is 6.52. The molecule has 1 amide bonds. The molecule has 5 nitrogen and oxygen atoms in total. The van der Waals surface area contributed by atoms with Crippen LogP contribution in [-0.2, 0) is 4.79 Å². The van der Waals surface area contributed by atoms with Crippen LogP contribution in [0.5, 0.6) is 0 Å². The van der Waals surface area contributed by atoms with Gasteiger partial charge in [0.1, 0.15) is 11.5 Å². The van der Waals surface area contributed by atoms with Gasteiger partial charge in [0.05, 0.1) is 5.69 Å². The van der Waals surface area contributed by atoms with Gasteiger partial charge in [-0.2, -0.15) is 0 Å². The van der Waals surface area contributed by atoms with Crippen molar-refractivity contribution in [2.75, 3.05) is 31.1 Å². The van der Waals surface area contributed by atoms with Crippen LogP contribution in [0.1, 0.15) is 29.2 Å². The largest absolute Gasteiger partial charge is 0.368 e. The van der Waals surface area contributed by atoms with E-state index in [9.17, 15) is 9.18 Å². The lowest BCUT2D eigenvalue weighted by molar-refractivity contribution is -0.131. The summed E-state index contributed by atoms with van der Waals surface area (Å²) >= 11 is 0. The number of carbonyl (C=O) groups excluding carboxylic acids is 1. The maximum absolute atomic E-state index is 14.1. The molecule has 5 rings (SSSR count). The molecule has 1 unspecified atom stereocenters. The van der Waals surface area contributed by atoms with Crippen LogP contribution in [0.25, 0.3) is 5.65 Å². The molecule has 0 bridgehead atoms. The molecule has 33 heavy (non-hydrogen) atoms. The standard InChI is InChI=1S/C27H27FN4O/c1-20-7-2-3-10-24(20)30-13-15-31(16-14-30)27(33)18-23(21-8-6-9-22(28)17-21)25-19-29-26-11-4-5-12-32(25)26/h2-12,17,19,23H,13-16,18H2,1H3. The summed E-state index contributed by atoms with van der Waals surface area (Å²) in [6.07, 6.45) is 4.01. The van der Waals surface area contributed by atoms with Crippen LogP contribution < -0.4 is 4.90 Å². The summed E-state index contributed by atoms with van der Waals surface area (Å²) in [5.74, 6) is -0.495. The quantitative estimate of drug-likeness (QED) is 0.452. The van der Waals surface area contributed by atoms with Crippen LogP contribution in [0.3, 0.4) is 0 Å². The molecular weight excluding hydrogens is 415 g/mol. The van der Waals surface area contributed by atoms with Crippen LogP contribution in [0.15, 0.2) is 79.1 Å². The second kappa shape index (κ2) is 9.06. The molecule has 2 aromatic heterocycles. The third-order valence-corrected chi connectivity index (χ3v) is 6.52. The molecule has 6 heteroatoms. The number of benzene rings is 2. The van der Waals surface area contributed by atoms with E-state index in [0.717, 1.165) is 30.0 Å². The first kappa shape index (κ1) is 21.2. The van der Waals surface area contributed by atoms with E-state index in [4.69, 9.17) is 0 Å². The summed E-state index contributed by atoms with van der Waals surface area (Å²) in [4.78, 5) is 22.2. The SMILES string of the molecule is Cc1ccccc1N1CCN(C(=O)CC(c2cccc(F)c2)c2cnc3ccccn23)CC1. The molecule has 1 fully saturated rings. The Balaban J connectivity index is 1.36. The highest BCUT2D eigenvalue weighted by molar-refractivity contribution is 5.78. The second-order valence-electron chi connectivity index (χ2n) is 8.58. The predicted molar refractivity (Wildman–Crippen MR) is 128 cm³/mol. The molecule has 1 aliphatic heterocycles. The molecule has 1 aliphatic rings. The number of aromatic nitrogens is 2. The molecule has 0 N–H and O–H groups in total. The monoisotopic (exact) mass is 442 g/mol. The Morgan fingerprint density at radius 2 is 1.79 bits per heavy atom. The number of hydrogen-bond donors (Lipinski definition) is 0. The molecule has 0 radical (unpaired) electrons. The minimum absolute atomic E-state index is 0.0829. The van der Waals surface area contributed by atoms with E-state index in [1.807, 2.05) is 45.8 Å². The first-order valence-electron chi connectivity index (χ1n) is 11.4. The normalized spacial score (nSPS) is 15.1. The fraction of sp³-hybridized carbons (Fsp3) is 0.259. The van der Waals surface area contributed by atoms with Gasteiger partial charge in [-0.25, -0.2) is 9.37 Å². The van der Waals surface area contributed by atoms with Gasteiger partial charge in [0.25, 0.3) is 0 Å². The summed E-state index contributed by atoms with van der Waals surface area (Å²) in [6.45, 7) is 5.08. The van der Waals surface area contributed by atoms with Crippen LogP contribution in [0, 0.1) is 12.7 Å². The lowest BCUT2D eigenvalue weighted by atomic mass is 9.92. The van der Waals surface area contributed by atoms with Crippen molar-refractivity contribution in [3.05, 3.63) is 102 Å². The molecule has 1 atom stereocenters. The number of imidazole rings is 1. The number of aryl methyl sites for hydroxylation is 1. The number of nitrogens with zero attached hydrogens (tertiary/aromatic N) is 4. The Labute approximate surface area is 193 Å². The van der Waals surface area contributed by atoms with Crippen molar-refractivity contribution in [2.45, 2.75) is 19.3 Å². The van der Waals surface area contributed by atoms with E-state index < -0.39 is 0 Å². The van der Waals surface area contributed by atoms with Gasteiger partial charge in [0.15, 0.2) is 0 Å². The molecule has 0 aliphatic carbocycles. The zero-order chi connectivity index (χ0) is 22.8. The van der Waals surface area contributed by atoms with Crippen molar-refractivity contribution < 1.29 is 9.18 Å². The van der Waals surface area contributed by atoms with Crippen LogP contribution in [-0.4, -0.2) is 46.4 Å². The molecule has 168 valence electrons. The zero-order valence-electron chi connectivity index (χ0n) is 18.7. The van der Waals surface area contributed by atoms with Crippen LogP contribution >= 0.6 is 0 Å². The molecule has 2 aromatic carbocycles. The van der Waals surface area contributed by atoms with Gasteiger partial charge in [-0.15, -0.1) is 0 Å². The predicted octanol–water partition coefficient (Wildman–Crippen LogP) is 4.65. The Kier molecular flexibility index (Phi) is 5.82. The maximum atomic E-state index is 14.1. The van der Waals surface area contributed by atoms with Gasteiger partial charge in [-0.3, -0.25) is 4.79 Å². The summed E-state index contributed by atoms with van der Waals surface area (Å²) < 4.78 is 16.1. The number of amides is 1. The van der Waals surface area contributed by atoms with Crippen molar-refractivity contribution in [3.63, 3.8) is 0 Å². The topological polar surface area (TPSA) is 40.8 Å². The van der Waals surface area contributed by atoms with Crippen molar-refractivity contribution in [3.8, 4) is 0 Å². The van der Waals surface area contributed by atoms with E-state index in [-0.39, 0.29) is 24.1 Å². The average molecular weight is 443 g/mol. The van der Waals surface area contributed by atoms with Crippen LogP contribution in [0.2, 0.25) is 0 Å². The lowest BCUT2D eigenvalue weighted by Crippen LogP contribution is -2.49. The highest BCUT2D eigenvalue weighted by atomic mass is 19.1. The van der Waals surface area contributed by atoms with Gasteiger partial charge in [0, 0.05) is 56.6 Å². The average Bonchev–Trinajstić information content (AvgIpc) is 3.27. The number of anilines is 1. The molecule has 3 heterocycles. The zero-order valence-corrected chi connectivity index (χ0v) is 18.7. The molecule has 4 aromatic rings. The number of fused-ring (bicyclic) bond motifs is 1. The van der Waals surface area contributed by atoms with E-state index in [1.165, 1.54) is 23.4 Å². The fourth-order valence-corrected chi connectivity index (χ4v) is 4.75. The first-order valence-corrected chi connectivity index (χ1v) is 11.4. The van der Waals surface area contributed by atoms with Crippen molar-refractivity contribution in [1.82, 2.24) is 14.3 Å².